The van der Waals surface area contributed by atoms with Gasteiger partial charge in [0.15, 0.2) is 0 Å². The smallest absolute Gasteiger partial charge is 0.241 e. The first-order chi connectivity index (χ1) is 11.6. The van der Waals surface area contributed by atoms with Crippen LogP contribution in [0, 0.1) is 5.82 Å². The van der Waals surface area contributed by atoms with Gasteiger partial charge in [-0.3, -0.25) is 9.69 Å². The van der Waals surface area contributed by atoms with Crippen LogP contribution in [0.5, 0.6) is 0 Å². The molecule has 1 aliphatic rings. The Bertz CT molecular complexity index is 682. The van der Waals surface area contributed by atoms with Gasteiger partial charge in [-0.1, -0.05) is 5.16 Å². The molecule has 1 amide bonds. The molecule has 24 heavy (non-hydrogen) atoms. The van der Waals surface area contributed by atoms with E-state index in [0.717, 1.165) is 26.2 Å². The molecule has 2 heterocycles. The maximum absolute atomic E-state index is 12.9. The highest BCUT2D eigenvalue weighted by atomic mass is 19.1. The van der Waals surface area contributed by atoms with Gasteiger partial charge in [0.25, 0.3) is 0 Å². The summed E-state index contributed by atoms with van der Waals surface area (Å²) in [7, 11) is 1.84. The van der Waals surface area contributed by atoms with Crippen molar-refractivity contribution in [2.75, 3.05) is 39.8 Å². The minimum absolute atomic E-state index is 0.0947. The summed E-state index contributed by atoms with van der Waals surface area (Å²) in [6, 6.07) is 5.90. The van der Waals surface area contributed by atoms with E-state index in [2.05, 4.69) is 15.5 Å². The van der Waals surface area contributed by atoms with Crippen molar-refractivity contribution < 1.29 is 13.7 Å². The standard InChI is InChI=1S/C16H20FN5O2/c1-21(11-15(23)22-8-6-18-7-9-22)10-14-19-16(20-24-14)12-2-4-13(17)5-3-12/h2-5,18H,6-11H2,1H3. The molecule has 8 heteroatoms. The zero-order chi connectivity index (χ0) is 16.9. The van der Waals surface area contributed by atoms with Crippen LogP contribution in [0.25, 0.3) is 11.4 Å². The number of piperazine rings is 1. The average Bonchev–Trinajstić information content (AvgIpc) is 3.04. The summed E-state index contributed by atoms with van der Waals surface area (Å²) < 4.78 is 18.2. The Hall–Kier alpha value is -2.32. The largest absolute Gasteiger partial charge is 0.339 e. The summed E-state index contributed by atoms with van der Waals surface area (Å²) in [6.07, 6.45) is 0. The van der Waals surface area contributed by atoms with Crippen molar-refractivity contribution >= 4 is 5.91 Å². The molecule has 1 aromatic heterocycles. The molecule has 0 bridgehead atoms. The fourth-order valence-electron chi connectivity index (χ4n) is 2.57. The Kier molecular flexibility index (Phi) is 5.17. The zero-order valence-corrected chi connectivity index (χ0v) is 13.5. The van der Waals surface area contributed by atoms with Crippen LogP contribution in [0.15, 0.2) is 28.8 Å². The summed E-state index contributed by atoms with van der Waals surface area (Å²) in [5.74, 6) is 0.614. The molecule has 1 aromatic carbocycles. The number of hydrogen-bond donors (Lipinski definition) is 1. The number of likely N-dealkylation sites (N-methyl/N-ethyl adjacent to an activating group) is 1. The lowest BCUT2D eigenvalue weighted by molar-refractivity contribution is -0.132. The van der Waals surface area contributed by atoms with E-state index in [1.54, 1.807) is 12.1 Å². The van der Waals surface area contributed by atoms with Gasteiger partial charge in [-0.2, -0.15) is 4.98 Å². The van der Waals surface area contributed by atoms with Crippen LogP contribution in [-0.4, -0.2) is 65.6 Å². The van der Waals surface area contributed by atoms with Crippen LogP contribution in [0.2, 0.25) is 0 Å². The Labute approximate surface area is 139 Å². The van der Waals surface area contributed by atoms with Crippen LogP contribution >= 0.6 is 0 Å². The molecular weight excluding hydrogens is 313 g/mol. The van der Waals surface area contributed by atoms with Crippen LogP contribution in [0.4, 0.5) is 4.39 Å². The van der Waals surface area contributed by atoms with Crippen molar-refractivity contribution in [3.8, 4) is 11.4 Å². The minimum atomic E-state index is -0.311. The van der Waals surface area contributed by atoms with Crippen LogP contribution in [0.1, 0.15) is 5.89 Å². The molecular formula is C16H20FN5O2. The lowest BCUT2D eigenvalue weighted by Crippen LogP contribution is -2.49. The molecule has 1 aliphatic heterocycles. The predicted molar refractivity (Wildman–Crippen MR) is 85.5 cm³/mol. The highest BCUT2D eigenvalue weighted by Gasteiger charge is 2.19. The number of hydrogen-bond acceptors (Lipinski definition) is 6. The fourth-order valence-corrected chi connectivity index (χ4v) is 2.57. The first-order valence-electron chi connectivity index (χ1n) is 7.87. The highest BCUT2D eigenvalue weighted by Crippen LogP contribution is 2.16. The number of carbonyl (C=O) groups excluding carboxylic acids is 1. The minimum Gasteiger partial charge on any atom is -0.339 e. The quantitative estimate of drug-likeness (QED) is 0.870. The van der Waals surface area contributed by atoms with E-state index in [1.165, 1.54) is 12.1 Å². The molecule has 0 spiro atoms. The lowest BCUT2D eigenvalue weighted by Gasteiger charge is -2.28. The lowest BCUT2D eigenvalue weighted by atomic mass is 10.2. The summed E-state index contributed by atoms with van der Waals surface area (Å²) in [4.78, 5) is 20.2. The molecule has 0 unspecified atom stereocenters. The van der Waals surface area contributed by atoms with Crippen molar-refractivity contribution in [2.45, 2.75) is 6.54 Å². The number of aromatic nitrogens is 2. The Balaban J connectivity index is 1.55. The summed E-state index contributed by atoms with van der Waals surface area (Å²) >= 11 is 0. The van der Waals surface area contributed by atoms with Gasteiger partial charge in [-0.15, -0.1) is 0 Å². The number of carbonyl (C=O) groups is 1. The molecule has 0 radical (unpaired) electrons. The van der Waals surface area contributed by atoms with Crippen molar-refractivity contribution in [1.29, 1.82) is 0 Å². The zero-order valence-electron chi connectivity index (χ0n) is 13.5. The summed E-state index contributed by atoms with van der Waals surface area (Å²) in [6.45, 7) is 3.82. The van der Waals surface area contributed by atoms with Crippen LogP contribution in [0.3, 0.4) is 0 Å². The summed E-state index contributed by atoms with van der Waals surface area (Å²) in [5.41, 5.74) is 0.686. The Morgan fingerprint density at radius 1 is 1.33 bits per heavy atom. The normalized spacial score (nSPS) is 15.0. The second-order valence-corrected chi connectivity index (χ2v) is 5.82. The molecule has 0 saturated carbocycles. The SMILES string of the molecule is CN(CC(=O)N1CCNCC1)Cc1nc(-c2ccc(F)cc2)no1. The number of halogens is 1. The van der Waals surface area contributed by atoms with E-state index in [9.17, 15) is 9.18 Å². The van der Waals surface area contributed by atoms with Crippen LogP contribution in [-0.2, 0) is 11.3 Å². The first-order valence-corrected chi connectivity index (χ1v) is 7.87. The number of nitrogens with one attached hydrogen (secondary N) is 1. The average molecular weight is 333 g/mol. The van der Waals surface area contributed by atoms with Gasteiger partial charge in [-0.25, -0.2) is 4.39 Å². The van der Waals surface area contributed by atoms with E-state index in [0.29, 0.717) is 30.4 Å². The topological polar surface area (TPSA) is 74.5 Å². The maximum Gasteiger partial charge on any atom is 0.241 e. The van der Waals surface area contributed by atoms with Gasteiger partial charge in [0.2, 0.25) is 17.6 Å². The molecule has 0 atom stereocenters. The molecule has 3 rings (SSSR count). The van der Waals surface area contributed by atoms with Crippen molar-refractivity contribution in [2.24, 2.45) is 0 Å². The summed E-state index contributed by atoms with van der Waals surface area (Å²) in [5, 5.41) is 7.12. The van der Waals surface area contributed by atoms with E-state index < -0.39 is 0 Å². The van der Waals surface area contributed by atoms with Crippen molar-refractivity contribution in [3.63, 3.8) is 0 Å². The van der Waals surface area contributed by atoms with Crippen LogP contribution < -0.4 is 5.32 Å². The predicted octanol–water partition coefficient (Wildman–Crippen LogP) is 0.739. The van der Waals surface area contributed by atoms with E-state index >= 15 is 0 Å². The molecule has 2 aromatic rings. The number of benzene rings is 1. The van der Waals surface area contributed by atoms with Gasteiger partial charge in [0, 0.05) is 31.7 Å². The molecule has 1 saturated heterocycles. The van der Waals surface area contributed by atoms with Gasteiger partial charge < -0.3 is 14.7 Å². The van der Waals surface area contributed by atoms with Gasteiger partial charge in [-0.05, 0) is 31.3 Å². The first kappa shape index (κ1) is 16.5. The monoisotopic (exact) mass is 333 g/mol. The maximum atomic E-state index is 12.9. The molecule has 0 aliphatic carbocycles. The fraction of sp³-hybridized carbons (Fsp3) is 0.438. The van der Waals surface area contributed by atoms with Gasteiger partial charge >= 0.3 is 0 Å². The van der Waals surface area contributed by atoms with E-state index in [-0.39, 0.29) is 11.7 Å². The Morgan fingerprint density at radius 3 is 2.75 bits per heavy atom. The third kappa shape index (κ3) is 4.15. The molecule has 1 N–H and O–H groups in total. The van der Waals surface area contributed by atoms with Crippen molar-refractivity contribution in [3.05, 3.63) is 36.0 Å². The highest BCUT2D eigenvalue weighted by molar-refractivity contribution is 5.78. The third-order valence-corrected chi connectivity index (χ3v) is 3.85. The third-order valence-electron chi connectivity index (χ3n) is 3.85. The molecule has 1 fully saturated rings. The molecule has 128 valence electrons. The Morgan fingerprint density at radius 2 is 2.04 bits per heavy atom. The van der Waals surface area contributed by atoms with Crippen molar-refractivity contribution in [1.82, 2.24) is 25.3 Å². The van der Waals surface area contributed by atoms with E-state index in [4.69, 9.17) is 4.52 Å². The second-order valence-electron chi connectivity index (χ2n) is 5.82. The van der Waals surface area contributed by atoms with Gasteiger partial charge in [0.05, 0.1) is 13.1 Å². The number of nitrogens with zero attached hydrogens (tertiary/aromatic N) is 4. The molecule has 7 nitrogen and oxygen atoms in total. The van der Waals surface area contributed by atoms with E-state index in [1.807, 2.05) is 16.8 Å². The second kappa shape index (κ2) is 7.50. The number of amides is 1. The van der Waals surface area contributed by atoms with Gasteiger partial charge in [0.1, 0.15) is 5.82 Å². The number of rotatable bonds is 5.